The molecule has 0 atom stereocenters. The van der Waals surface area contributed by atoms with Crippen LogP contribution in [0.15, 0.2) is 59.7 Å². The maximum Gasteiger partial charge on any atom is 0.416 e. The molecule has 0 unspecified atom stereocenters. The van der Waals surface area contributed by atoms with E-state index < -0.39 is 11.7 Å². The molecule has 0 spiro atoms. The second-order valence-corrected chi connectivity index (χ2v) is 5.16. The summed E-state index contributed by atoms with van der Waals surface area (Å²) in [5.74, 6) is -0.133. The zero-order valence-electron chi connectivity index (χ0n) is 12.0. The van der Waals surface area contributed by atoms with Gasteiger partial charge in [-0.1, -0.05) is 30.3 Å². The van der Waals surface area contributed by atoms with Gasteiger partial charge >= 0.3 is 6.18 Å². The van der Waals surface area contributed by atoms with E-state index in [9.17, 15) is 18.0 Å². The molecule has 118 valence electrons. The number of carbonyl (C=O) groups is 1. The number of anilines is 1. The second kappa shape index (κ2) is 5.87. The Balaban J connectivity index is 1.92. The number of carbonyl (C=O) groups excluding carboxylic acids is 1. The molecule has 0 radical (unpaired) electrons. The third kappa shape index (κ3) is 3.26. The largest absolute Gasteiger partial charge is 0.416 e. The molecular formula is C17H13F3N2O. The lowest BCUT2D eigenvalue weighted by Gasteiger charge is -2.23. The highest BCUT2D eigenvalue weighted by Crippen LogP contribution is 2.30. The molecule has 3 nitrogen and oxygen atoms in total. The molecule has 6 heteroatoms. The van der Waals surface area contributed by atoms with Crippen molar-refractivity contribution in [2.75, 3.05) is 5.01 Å². The molecule has 1 heterocycles. The van der Waals surface area contributed by atoms with E-state index in [2.05, 4.69) is 5.10 Å². The van der Waals surface area contributed by atoms with Crippen LogP contribution in [0.25, 0.3) is 0 Å². The molecule has 0 saturated carbocycles. The fraction of sp³-hybridized carbons (Fsp3) is 0.176. The van der Waals surface area contributed by atoms with E-state index >= 15 is 0 Å². The lowest BCUT2D eigenvalue weighted by molar-refractivity contribution is -0.137. The third-order valence-electron chi connectivity index (χ3n) is 3.58. The number of rotatable bonds is 2. The van der Waals surface area contributed by atoms with E-state index in [1.807, 2.05) is 6.07 Å². The Bertz CT molecular complexity index is 737. The number of para-hydroxylation sites is 1. The zero-order valence-corrected chi connectivity index (χ0v) is 12.0. The van der Waals surface area contributed by atoms with Crippen LogP contribution in [0.5, 0.6) is 0 Å². The topological polar surface area (TPSA) is 32.7 Å². The minimum absolute atomic E-state index is 0.133. The molecule has 0 fully saturated rings. The summed E-state index contributed by atoms with van der Waals surface area (Å²) in [4.78, 5) is 12.0. The molecule has 1 aliphatic rings. The smallest absolute Gasteiger partial charge is 0.273 e. The highest BCUT2D eigenvalue weighted by atomic mass is 19.4. The standard InChI is InChI=1S/C17H13F3N2O/c18-17(19,20)13-8-6-12(7-9-13)15-10-11-16(23)22(21-15)14-4-2-1-3-5-14/h1-9H,10-11H2. The van der Waals surface area contributed by atoms with Crippen LogP contribution in [0, 0.1) is 0 Å². The molecule has 2 aromatic carbocycles. The Hall–Kier alpha value is -2.63. The average molecular weight is 318 g/mol. The van der Waals surface area contributed by atoms with Gasteiger partial charge in [0.05, 0.1) is 17.0 Å². The highest BCUT2D eigenvalue weighted by Gasteiger charge is 2.30. The first kappa shape index (κ1) is 15.3. The highest BCUT2D eigenvalue weighted by molar-refractivity contribution is 6.08. The van der Waals surface area contributed by atoms with Gasteiger partial charge < -0.3 is 0 Å². The van der Waals surface area contributed by atoms with Crippen molar-refractivity contribution >= 4 is 17.3 Å². The van der Waals surface area contributed by atoms with E-state index in [0.29, 0.717) is 23.4 Å². The average Bonchev–Trinajstić information content (AvgIpc) is 2.55. The molecule has 1 amide bonds. The normalized spacial score (nSPS) is 15.5. The van der Waals surface area contributed by atoms with Crippen molar-refractivity contribution in [3.05, 3.63) is 65.7 Å². The number of nitrogens with zero attached hydrogens (tertiary/aromatic N) is 2. The maximum atomic E-state index is 12.6. The van der Waals surface area contributed by atoms with Crippen LogP contribution < -0.4 is 5.01 Å². The van der Waals surface area contributed by atoms with Crippen molar-refractivity contribution in [2.24, 2.45) is 5.10 Å². The summed E-state index contributed by atoms with van der Waals surface area (Å²) in [7, 11) is 0. The Kier molecular flexibility index (Phi) is 3.90. The molecule has 3 rings (SSSR count). The van der Waals surface area contributed by atoms with Gasteiger partial charge in [-0.25, -0.2) is 5.01 Å². The van der Waals surface area contributed by atoms with Gasteiger partial charge in [-0.05, 0) is 29.8 Å². The van der Waals surface area contributed by atoms with E-state index in [1.54, 1.807) is 24.3 Å². The minimum Gasteiger partial charge on any atom is -0.273 e. The fourth-order valence-corrected chi connectivity index (χ4v) is 2.38. The molecule has 0 N–H and O–H groups in total. The van der Waals surface area contributed by atoms with Crippen LogP contribution in [-0.4, -0.2) is 11.6 Å². The number of halogens is 3. The van der Waals surface area contributed by atoms with Gasteiger partial charge in [0.25, 0.3) is 0 Å². The number of amides is 1. The first-order valence-electron chi connectivity index (χ1n) is 7.08. The molecule has 0 aliphatic carbocycles. The van der Waals surface area contributed by atoms with Gasteiger partial charge in [-0.15, -0.1) is 0 Å². The quantitative estimate of drug-likeness (QED) is 0.815. The Morgan fingerprint density at radius 1 is 0.913 bits per heavy atom. The van der Waals surface area contributed by atoms with E-state index in [1.165, 1.54) is 17.1 Å². The number of hydrazone groups is 1. The molecule has 0 bridgehead atoms. The summed E-state index contributed by atoms with van der Waals surface area (Å²) in [6, 6.07) is 13.8. The predicted molar refractivity (Wildman–Crippen MR) is 81.1 cm³/mol. The van der Waals surface area contributed by atoms with Crippen molar-refractivity contribution in [1.29, 1.82) is 0 Å². The Labute approximate surface area is 131 Å². The Morgan fingerprint density at radius 2 is 1.57 bits per heavy atom. The molecular weight excluding hydrogens is 305 g/mol. The lowest BCUT2D eigenvalue weighted by Crippen LogP contribution is -2.31. The van der Waals surface area contributed by atoms with Crippen LogP contribution in [0.1, 0.15) is 24.0 Å². The SMILES string of the molecule is O=C1CCC(c2ccc(C(F)(F)F)cc2)=NN1c1ccccc1. The van der Waals surface area contributed by atoms with E-state index in [0.717, 1.165) is 12.1 Å². The van der Waals surface area contributed by atoms with Crippen molar-refractivity contribution in [2.45, 2.75) is 19.0 Å². The van der Waals surface area contributed by atoms with Gasteiger partial charge in [-0.2, -0.15) is 18.3 Å². The number of benzene rings is 2. The molecule has 2 aromatic rings. The van der Waals surface area contributed by atoms with Gasteiger partial charge in [0.1, 0.15) is 0 Å². The molecule has 23 heavy (non-hydrogen) atoms. The van der Waals surface area contributed by atoms with Crippen LogP contribution in [0.2, 0.25) is 0 Å². The summed E-state index contributed by atoms with van der Waals surface area (Å²) >= 11 is 0. The first-order chi connectivity index (χ1) is 10.9. The molecule has 1 aliphatic heterocycles. The van der Waals surface area contributed by atoms with Gasteiger partial charge in [0, 0.05) is 12.8 Å². The number of hydrogen-bond donors (Lipinski definition) is 0. The predicted octanol–water partition coefficient (Wildman–Crippen LogP) is 4.24. The van der Waals surface area contributed by atoms with Crippen LogP contribution in [-0.2, 0) is 11.0 Å². The van der Waals surface area contributed by atoms with Crippen LogP contribution in [0.3, 0.4) is 0 Å². The van der Waals surface area contributed by atoms with Gasteiger partial charge in [0.2, 0.25) is 5.91 Å². The van der Waals surface area contributed by atoms with Gasteiger partial charge in [-0.3, -0.25) is 4.79 Å². The summed E-state index contributed by atoms with van der Waals surface area (Å²) in [6.45, 7) is 0. The van der Waals surface area contributed by atoms with Crippen molar-refractivity contribution in [3.8, 4) is 0 Å². The summed E-state index contributed by atoms with van der Waals surface area (Å²) in [5.41, 5.74) is 1.13. The minimum atomic E-state index is -4.36. The second-order valence-electron chi connectivity index (χ2n) is 5.16. The van der Waals surface area contributed by atoms with Crippen molar-refractivity contribution < 1.29 is 18.0 Å². The lowest BCUT2D eigenvalue weighted by atomic mass is 10.0. The van der Waals surface area contributed by atoms with Crippen molar-refractivity contribution in [1.82, 2.24) is 0 Å². The maximum absolute atomic E-state index is 12.6. The monoisotopic (exact) mass is 318 g/mol. The summed E-state index contributed by atoms with van der Waals surface area (Å²) in [5, 5.41) is 5.62. The number of alkyl halides is 3. The van der Waals surface area contributed by atoms with Crippen LogP contribution in [0.4, 0.5) is 18.9 Å². The van der Waals surface area contributed by atoms with Crippen LogP contribution >= 0.6 is 0 Å². The summed E-state index contributed by atoms with van der Waals surface area (Å²) < 4.78 is 37.8. The number of hydrogen-bond acceptors (Lipinski definition) is 2. The van der Waals surface area contributed by atoms with E-state index in [4.69, 9.17) is 0 Å². The van der Waals surface area contributed by atoms with E-state index in [-0.39, 0.29) is 12.3 Å². The zero-order chi connectivity index (χ0) is 16.4. The van der Waals surface area contributed by atoms with Gasteiger partial charge in [0.15, 0.2) is 0 Å². The first-order valence-corrected chi connectivity index (χ1v) is 7.08. The Morgan fingerprint density at radius 3 is 2.17 bits per heavy atom. The fourth-order valence-electron chi connectivity index (χ4n) is 2.38. The third-order valence-corrected chi connectivity index (χ3v) is 3.58. The molecule has 0 aromatic heterocycles. The summed E-state index contributed by atoms with van der Waals surface area (Å²) in [6.07, 6.45) is -3.68. The molecule has 0 saturated heterocycles. The van der Waals surface area contributed by atoms with Crippen molar-refractivity contribution in [3.63, 3.8) is 0 Å².